The Bertz CT molecular complexity index is 872. The topological polar surface area (TPSA) is 61.4 Å². The Balaban J connectivity index is 1.90. The largest absolute Gasteiger partial charge is 0.324 e. The highest BCUT2D eigenvalue weighted by atomic mass is 32.2. The molecule has 0 bridgehead atoms. The van der Waals surface area contributed by atoms with Crippen LogP contribution < -0.4 is 10.6 Å². The Kier molecular flexibility index (Phi) is 8.49. The third-order valence-corrected chi connectivity index (χ3v) is 5.36. The second-order valence-electron chi connectivity index (χ2n) is 7.14. The lowest BCUT2D eigenvalue weighted by molar-refractivity contribution is -0.119. The summed E-state index contributed by atoms with van der Waals surface area (Å²) in [5.74, 6) is 0.470. The SMILES string of the molecule is C=CCSc1ccccc1NC(=O)CN(C)CC(=O)Nc1c(C)cc(C)cc1C. The molecule has 2 aromatic rings. The minimum atomic E-state index is -0.158. The van der Waals surface area contributed by atoms with Crippen molar-refractivity contribution in [1.82, 2.24) is 4.90 Å². The number of aryl methyl sites for hydroxylation is 3. The number of para-hydroxylation sites is 1. The van der Waals surface area contributed by atoms with Crippen molar-refractivity contribution in [2.24, 2.45) is 0 Å². The van der Waals surface area contributed by atoms with Crippen LogP contribution in [0.2, 0.25) is 0 Å². The molecule has 0 unspecified atom stereocenters. The van der Waals surface area contributed by atoms with Crippen LogP contribution in [0, 0.1) is 20.8 Å². The molecule has 0 aliphatic carbocycles. The summed E-state index contributed by atoms with van der Waals surface area (Å²) in [5, 5.41) is 5.90. The summed E-state index contributed by atoms with van der Waals surface area (Å²) in [4.78, 5) is 27.5. The third kappa shape index (κ3) is 7.07. The van der Waals surface area contributed by atoms with Crippen LogP contribution in [0.5, 0.6) is 0 Å². The van der Waals surface area contributed by atoms with Crippen LogP contribution in [0.3, 0.4) is 0 Å². The molecular formula is C23H29N3O2S. The second kappa shape index (κ2) is 10.8. The first-order valence-electron chi connectivity index (χ1n) is 9.49. The van der Waals surface area contributed by atoms with Crippen molar-refractivity contribution in [3.63, 3.8) is 0 Å². The number of anilines is 2. The van der Waals surface area contributed by atoms with E-state index in [4.69, 9.17) is 0 Å². The normalized spacial score (nSPS) is 10.7. The highest BCUT2D eigenvalue weighted by Crippen LogP contribution is 2.27. The van der Waals surface area contributed by atoms with Gasteiger partial charge in [-0.1, -0.05) is 35.9 Å². The van der Waals surface area contributed by atoms with Crippen LogP contribution in [-0.4, -0.2) is 42.6 Å². The first kappa shape index (κ1) is 22.7. The molecule has 0 fully saturated rings. The fourth-order valence-corrected chi connectivity index (χ4v) is 3.88. The molecule has 5 nitrogen and oxygen atoms in total. The molecule has 0 saturated carbocycles. The minimum Gasteiger partial charge on any atom is -0.324 e. The lowest BCUT2D eigenvalue weighted by Gasteiger charge is -2.18. The maximum atomic E-state index is 12.4. The Morgan fingerprint density at radius 3 is 2.24 bits per heavy atom. The molecule has 0 aliphatic heterocycles. The number of hydrogen-bond donors (Lipinski definition) is 2. The quantitative estimate of drug-likeness (QED) is 0.474. The summed E-state index contributed by atoms with van der Waals surface area (Å²) in [6.45, 7) is 9.98. The predicted octanol–water partition coefficient (Wildman–Crippen LogP) is 4.40. The fourth-order valence-electron chi connectivity index (χ4n) is 3.14. The molecule has 6 heteroatoms. The van der Waals surface area contributed by atoms with Crippen molar-refractivity contribution >= 4 is 35.0 Å². The van der Waals surface area contributed by atoms with Gasteiger partial charge in [0.1, 0.15) is 0 Å². The number of carbonyl (C=O) groups excluding carboxylic acids is 2. The number of amides is 2. The van der Waals surface area contributed by atoms with Crippen LogP contribution in [-0.2, 0) is 9.59 Å². The molecule has 29 heavy (non-hydrogen) atoms. The summed E-state index contributed by atoms with van der Waals surface area (Å²) in [7, 11) is 1.76. The molecule has 154 valence electrons. The van der Waals surface area contributed by atoms with Crippen LogP contribution in [0.1, 0.15) is 16.7 Å². The van der Waals surface area contributed by atoms with Crippen LogP contribution >= 0.6 is 11.8 Å². The van der Waals surface area contributed by atoms with E-state index >= 15 is 0 Å². The zero-order chi connectivity index (χ0) is 21.4. The molecule has 2 N–H and O–H groups in total. The van der Waals surface area contributed by atoms with Gasteiger partial charge in [-0.15, -0.1) is 18.3 Å². The van der Waals surface area contributed by atoms with E-state index in [-0.39, 0.29) is 24.9 Å². The van der Waals surface area contributed by atoms with E-state index in [9.17, 15) is 9.59 Å². The predicted molar refractivity (Wildman–Crippen MR) is 123 cm³/mol. The molecule has 0 heterocycles. The summed E-state index contributed by atoms with van der Waals surface area (Å²) >= 11 is 1.61. The van der Waals surface area contributed by atoms with Gasteiger partial charge in [0.25, 0.3) is 0 Å². The van der Waals surface area contributed by atoms with E-state index in [1.165, 1.54) is 5.56 Å². The van der Waals surface area contributed by atoms with Gasteiger partial charge in [0.2, 0.25) is 11.8 Å². The van der Waals surface area contributed by atoms with E-state index in [0.717, 1.165) is 33.2 Å². The van der Waals surface area contributed by atoms with Crippen molar-refractivity contribution in [2.45, 2.75) is 25.7 Å². The van der Waals surface area contributed by atoms with Gasteiger partial charge in [-0.05, 0) is 51.1 Å². The Morgan fingerprint density at radius 1 is 1.03 bits per heavy atom. The minimum absolute atomic E-state index is 0.125. The van der Waals surface area contributed by atoms with Crippen molar-refractivity contribution in [3.8, 4) is 0 Å². The van der Waals surface area contributed by atoms with Gasteiger partial charge in [0.05, 0.1) is 18.8 Å². The third-order valence-electron chi connectivity index (χ3n) is 4.29. The lowest BCUT2D eigenvalue weighted by Crippen LogP contribution is -2.36. The standard InChI is InChI=1S/C23H29N3O2S/c1-6-11-29-20-10-8-7-9-19(20)24-21(27)14-26(5)15-22(28)25-23-17(3)12-16(2)13-18(23)4/h6-10,12-13H,1,11,14-15H2,2-5H3,(H,24,27)(H,25,28). The molecule has 0 saturated heterocycles. The van der Waals surface area contributed by atoms with E-state index in [0.29, 0.717) is 0 Å². The number of rotatable bonds is 9. The van der Waals surface area contributed by atoms with Crippen LogP contribution in [0.15, 0.2) is 53.9 Å². The summed E-state index contributed by atoms with van der Waals surface area (Å²) < 4.78 is 0. The zero-order valence-corrected chi connectivity index (χ0v) is 18.4. The van der Waals surface area contributed by atoms with Gasteiger partial charge < -0.3 is 10.6 Å². The molecule has 0 radical (unpaired) electrons. The Labute approximate surface area is 177 Å². The summed E-state index contributed by atoms with van der Waals surface area (Å²) in [6, 6.07) is 11.7. The molecule has 2 aromatic carbocycles. The zero-order valence-electron chi connectivity index (χ0n) is 17.5. The number of thioether (sulfide) groups is 1. The fraction of sp³-hybridized carbons (Fsp3) is 0.304. The average molecular weight is 412 g/mol. The number of nitrogens with zero attached hydrogens (tertiary/aromatic N) is 1. The van der Waals surface area contributed by atoms with Gasteiger partial charge in [-0.25, -0.2) is 0 Å². The number of benzene rings is 2. The maximum absolute atomic E-state index is 12.4. The highest BCUT2D eigenvalue weighted by Gasteiger charge is 2.14. The number of carbonyl (C=O) groups is 2. The first-order chi connectivity index (χ1) is 13.8. The molecule has 0 aromatic heterocycles. The van der Waals surface area contributed by atoms with Gasteiger partial charge in [-0.3, -0.25) is 14.5 Å². The van der Waals surface area contributed by atoms with E-state index in [2.05, 4.69) is 17.2 Å². The number of likely N-dealkylation sites (N-methyl/N-ethyl adjacent to an activating group) is 1. The summed E-state index contributed by atoms with van der Waals surface area (Å²) in [6.07, 6.45) is 1.83. The summed E-state index contributed by atoms with van der Waals surface area (Å²) in [5.41, 5.74) is 4.84. The monoisotopic (exact) mass is 411 g/mol. The van der Waals surface area contributed by atoms with Gasteiger partial charge in [0, 0.05) is 16.3 Å². The lowest BCUT2D eigenvalue weighted by atomic mass is 10.1. The van der Waals surface area contributed by atoms with Crippen molar-refractivity contribution in [3.05, 3.63) is 65.7 Å². The van der Waals surface area contributed by atoms with Gasteiger partial charge >= 0.3 is 0 Å². The molecular weight excluding hydrogens is 382 g/mol. The Hall–Kier alpha value is -2.57. The molecule has 2 rings (SSSR count). The average Bonchev–Trinajstić information content (AvgIpc) is 2.63. The van der Waals surface area contributed by atoms with Crippen molar-refractivity contribution in [1.29, 1.82) is 0 Å². The van der Waals surface area contributed by atoms with Crippen LogP contribution in [0.25, 0.3) is 0 Å². The maximum Gasteiger partial charge on any atom is 0.238 e. The second-order valence-corrected chi connectivity index (χ2v) is 8.20. The highest BCUT2D eigenvalue weighted by molar-refractivity contribution is 7.99. The van der Waals surface area contributed by atoms with E-state index in [1.54, 1.807) is 23.7 Å². The molecule has 0 atom stereocenters. The van der Waals surface area contributed by atoms with E-state index in [1.807, 2.05) is 63.2 Å². The van der Waals surface area contributed by atoms with Gasteiger partial charge in [-0.2, -0.15) is 0 Å². The number of hydrogen-bond acceptors (Lipinski definition) is 4. The first-order valence-corrected chi connectivity index (χ1v) is 10.5. The van der Waals surface area contributed by atoms with Crippen molar-refractivity contribution < 1.29 is 9.59 Å². The van der Waals surface area contributed by atoms with Gasteiger partial charge in [0.15, 0.2) is 0 Å². The smallest absolute Gasteiger partial charge is 0.238 e. The van der Waals surface area contributed by atoms with E-state index < -0.39 is 0 Å². The molecule has 0 aliphatic rings. The van der Waals surface area contributed by atoms with Crippen LogP contribution in [0.4, 0.5) is 11.4 Å². The molecule has 2 amide bonds. The molecule has 0 spiro atoms. The van der Waals surface area contributed by atoms with Crippen molar-refractivity contribution in [2.75, 3.05) is 36.5 Å². The number of nitrogens with one attached hydrogen (secondary N) is 2. The Morgan fingerprint density at radius 2 is 1.62 bits per heavy atom.